The molecule has 1 aromatic rings. The molecule has 0 aliphatic heterocycles. The van der Waals surface area contributed by atoms with Crippen molar-refractivity contribution in [2.45, 2.75) is 6.18 Å². The van der Waals surface area contributed by atoms with Crippen LogP contribution in [0.15, 0.2) is 12.1 Å². The first-order chi connectivity index (χ1) is 10.3. The van der Waals surface area contributed by atoms with Crippen LogP contribution >= 0.6 is 11.6 Å². The van der Waals surface area contributed by atoms with Gasteiger partial charge in [0.25, 0.3) is 5.91 Å². The number of carbonyl (C=O) groups excluding carboxylic acids is 1. The van der Waals surface area contributed by atoms with Crippen molar-refractivity contribution in [3.8, 4) is 11.5 Å². The molecule has 5 nitrogen and oxygen atoms in total. The maximum atomic E-state index is 11.9. The monoisotopic (exact) mass is 341 g/mol. The fourth-order valence-corrected chi connectivity index (χ4v) is 1.86. The van der Waals surface area contributed by atoms with Crippen LogP contribution < -0.4 is 14.8 Å². The van der Waals surface area contributed by atoms with Gasteiger partial charge < -0.3 is 19.5 Å². The number of ether oxygens (including phenoxy) is 3. The topological polar surface area (TPSA) is 56.8 Å². The van der Waals surface area contributed by atoms with Gasteiger partial charge in [0.1, 0.15) is 6.61 Å². The van der Waals surface area contributed by atoms with Crippen molar-refractivity contribution in [1.82, 2.24) is 5.32 Å². The van der Waals surface area contributed by atoms with Crippen LogP contribution in [0.25, 0.3) is 0 Å². The van der Waals surface area contributed by atoms with Gasteiger partial charge in [0.05, 0.1) is 25.8 Å². The molecular weight excluding hydrogens is 327 g/mol. The lowest BCUT2D eigenvalue weighted by Gasteiger charge is -2.12. The maximum Gasteiger partial charge on any atom is 0.411 e. The molecule has 1 aromatic carbocycles. The summed E-state index contributed by atoms with van der Waals surface area (Å²) in [6, 6.07) is 2.78. The summed E-state index contributed by atoms with van der Waals surface area (Å²) < 4.78 is 50.0. The average molecular weight is 342 g/mol. The zero-order chi connectivity index (χ0) is 16.8. The van der Waals surface area contributed by atoms with Crippen LogP contribution in [0.3, 0.4) is 0 Å². The summed E-state index contributed by atoms with van der Waals surface area (Å²) in [6.45, 7) is -1.68. The Morgan fingerprint density at radius 3 is 2.50 bits per heavy atom. The van der Waals surface area contributed by atoms with Gasteiger partial charge in [-0.15, -0.1) is 0 Å². The molecular formula is C13H15ClF3NO4. The number of hydrogen-bond donors (Lipinski definition) is 1. The van der Waals surface area contributed by atoms with Gasteiger partial charge in [0.15, 0.2) is 11.5 Å². The minimum absolute atomic E-state index is 0.0686. The van der Waals surface area contributed by atoms with Gasteiger partial charge in [-0.05, 0) is 12.1 Å². The molecule has 0 unspecified atom stereocenters. The summed E-state index contributed by atoms with van der Waals surface area (Å²) in [5, 5.41) is 2.60. The van der Waals surface area contributed by atoms with E-state index in [9.17, 15) is 18.0 Å². The molecule has 9 heteroatoms. The summed E-state index contributed by atoms with van der Waals surface area (Å²) in [7, 11) is 2.79. The first-order valence-corrected chi connectivity index (χ1v) is 6.50. The largest absolute Gasteiger partial charge is 0.493 e. The summed E-state index contributed by atoms with van der Waals surface area (Å²) in [5.74, 6) is 0.0427. The molecule has 22 heavy (non-hydrogen) atoms. The predicted molar refractivity (Wildman–Crippen MR) is 73.8 cm³/mol. The lowest BCUT2D eigenvalue weighted by Crippen LogP contribution is -2.28. The van der Waals surface area contributed by atoms with Crippen LogP contribution in [0.4, 0.5) is 13.2 Å². The van der Waals surface area contributed by atoms with Gasteiger partial charge >= 0.3 is 6.18 Å². The molecule has 1 N–H and O–H groups in total. The van der Waals surface area contributed by atoms with E-state index in [4.69, 9.17) is 21.1 Å². The highest BCUT2D eigenvalue weighted by atomic mass is 35.5. The molecule has 0 saturated heterocycles. The van der Waals surface area contributed by atoms with Crippen molar-refractivity contribution in [3.63, 3.8) is 0 Å². The molecule has 0 atom stereocenters. The number of methoxy groups -OCH3 is 2. The van der Waals surface area contributed by atoms with Gasteiger partial charge in [-0.3, -0.25) is 4.79 Å². The van der Waals surface area contributed by atoms with Crippen molar-refractivity contribution in [2.75, 3.05) is 34.0 Å². The van der Waals surface area contributed by atoms with E-state index in [1.165, 1.54) is 26.4 Å². The quantitative estimate of drug-likeness (QED) is 0.775. The second kappa shape index (κ2) is 8.09. The van der Waals surface area contributed by atoms with Crippen molar-refractivity contribution < 1.29 is 32.2 Å². The van der Waals surface area contributed by atoms with Gasteiger partial charge in [0, 0.05) is 12.1 Å². The first-order valence-electron chi connectivity index (χ1n) is 6.12. The maximum absolute atomic E-state index is 11.9. The molecule has 124 valence electrons. The molecule has 1 amide bonds. The highest BCUT2D eigenvalue weighted by Gasteiger charge is 2.27. The third-order valence-corrected chi connectivity index (χ3v) is 2.77. The molecule has 0 spiro atoms. The Balaban J connectivity index is 2.57. The lowest BCUT2D eigenvalue weighted by molar-refractivity contribution is -0.173. The molecule has 0 aromatic heterocycles. The van der Waals surface area contributed by atoms with Crippen LogP contribution in [0.2, 0.25) is 5.02 Å². The SMILES string of the molecule is COc1cc(C(=O)NCCOCC(F)(F)F)cc(Cl)c1OC. The molecule has 1 rings (SSSR count). The summed E-state index contributed by atoms with van der Waals surface area (Å²) in [4.78, 5) is 11.9. The minimum Gasteiger partial charge on any atom is -0.493 e. The molecule has 0 bridgehead atoms. The Morgan fingerprint density at radius 1 is 1.27 bits per heavy atom. The third-order valence-electron chi connectivity index (χ3n) is 2.49. The Morgan fingerprint density at radius 2 is 1.95 bits per heavy atom. The highest BCUT2D eigenvalue weighted by molar-refractivity contribution is 6.32. The van der Waals surface area contributed by atoms with E-state index >= 15 is 0 Å². The Labute approximate surface area is 130 Å². The number of amides is 1. The van der Waals surface area contributed by atoms with Gasteiger partial charge in [0.2, 0.25) is 0 Å². The smallest absolute Gasteiger partial charge is 0.411 e. The van der Waals surface area contributed by atoms with Crippen LogP contribution in [-0.4, -0.2) is 46.1 Å². The first kappa shape index (κ1) is 18.4. The Bertz CT molecular complexity index is 523. The van der Waals surface area contributed by atoms with E-state index in [0.717, 1.165) is 0 Å². The van der Waals surface area contributed by atoms with Crippen LogP contribution in [-0.2, 0) is 4.74 Å². The van der Waals surface area contributed by atoms with E-state index in [0.29, 0.717) is 0 Å². The molecule has 0 heterocycles. The van der Waals surface area contributed by atoms with E-state index in [-0.39, 0.29) is 35.2 Å². The summed E-state index contributed by atoms with van der Waals surface area (Å²) in [6.07, 6.45) is -4.39. The fourth-order valence-electron chi connectivity index (χ4n) is 1.58. The summed E-state index contributed by atoms with van der Waals surface area (Å²) in [5.41, 5.74) is 0.193. The molecule has 0 saturated carbocycles. The predicted octanol–water partition coefficient (Wildman–Crippen LogP) is 2.67. The van der Waals surface area contributed by atoms with Gasteiger partial charge in [-0.25, -0.2) is 0 Å². The average Bonchev–Trinajstić information content (AvgIpc) is 2.44. The standard InChI is InChI=1S/C13H15ClF3NO4/c1-20-10-6-8(5-9(14)11(10)21-2)12(19)18-3-4-22-7-13(15,16)17/h5-6H,3-4,7H2,1-2H3,(H,18,19). The van der Waals surface area contributed by atoms with E-state index < -0.39 is 18.7 Å². The molecule has 0 radical (unpaired) electrons. The second-order valence-corrected chi connectivity index (χ2v) is 4.52. The molecule has 0 aliphatic carbocycles. The number of halogens is 4. The number of nitrogens with one attached hydrogen (secondary N) is 1. The fraction of sp³-hybridized carbons (Fsp3) is 0.462. The van der Waals surface area contributed by atoms with E-state index in [1.807, 2.05) is 0 Å². The van der Waals surface area contributed by atoms with E-state index in [2.05, 4.69) is 10.1 Å². The highest BCUT2D eigenvalue weighted by Crippen LogP contribution is 2.35. The van der Waals surface area contributed by atoms with Crippen LogP contribution in [0.1, 0.15) is 10.4 Å². The number of benzene rings is 1. The van der Waals surface area contributed by atoms with Gasteiger partial charge in [-0.2, -0.15) is 13.2 Å². The van der Waals surface area contributed by atoms with Crippen molar-refractivity contribution >= 4 is 17.5 Å². The van der Waals surface area contributed by atoms with Crippen molar-refractivity contribution in [1.29, 1.82) is 0 Å². The number of hydrogen-bond acceptors (Lipinski definition) is 4. The summed E-state index contributed by atoms with van der Waals surface area (Å²) >= 11 is 5.96. The van der Waals surface area contributed by atoms with Crippen LogP contribution in [0, 0.1) is 0 Å². The second-order valence-electron chi connectivity index (χ2n) is 4.12. The van der Waals surface area contributed by atoms with Crippen LogP contribution in [0.5, 0.6) is 11.5 Å². The Kier molecular flexibility index (Phi) is 6.76. The lowest BCUT2D eigenvalue weighted by atomic mass is 10.2. The molecule has 0 aliphatic rings. The van der Waals surface area contributed by atoms with Crippen molar-refractivity contribution in [2.24, 2.45) is 0 Å². The zero-order valence-corrected chi connectivity index (χ0v) is 12.7. The van der Waals surface area contributed by atoms with Crippen molar-refractivity contribution in [3.05, 3.63) is 22.7 Å². The minimum atomic E-state index is -4.39. The normalized spacial score (nSPS) is 11.2. The number of rotatable bonds is 7. The number of alkyl halides is 3. The third kappa shape index (κ3) is 5.61. The zero-order valence-electron chi connectivity index (χ0n) is 11.9. The molecule has 0 fully saturated rings. The van der Waals surface area contributed by atoms with Gasteiger partial charge in [-0.1, -0.05) is 11.6 Å². The number of carbonyl (C=O) groups is 1. The van der Waals surface area contributed by atoms with E-state index in [1.54, 1.807) is 0 Å². The Hall–Kier alpha value is -1.67.